The zero-order valence-corrected chi connectivity index (χ0v) is 13.4. The predicted octanol–water partition coefficient (Wildman–Crippen LogP) is 0.767. The molecule has 0 aromatic rings. The van der Waals surface area contributed by atoms with Gasteiger partial charge in [-0.1, -0.05) is 19.1 Å². The maximum absolute atomic E-state index is 11.2. The minimum absolute atomic E-state index is 0.0507. The Hall–Kier alpha value is -0.440. The molecule has 0 saturated heterocycles. The van der Waals surface area contributed by atoms with Crippen LogP contribution in [-0.2, 0) is 28.6 Å². The first-order valence-electron chi connectivity index (χ1n) is 6.38. The Morgan fingerprint density at radius 3 is 2.25 bits per heavy atom. The molecule has 2 aliphatic carbocycles. The lowest BCUT2D eigenvalue weighted by atomic mass is 9.71. The minimum atomic E-state index is -3.52. The third kappa shape index (κ3) is 3.41. The highest BCUT2D eigenvalue weighted by Crippen LogP contribution is 2.56. The SMILES string of the molecule is CC1(COS(C)(=O)=O)C2C=CC(C2)C1COS(C)(=O)=O. The number of rotatable bonds is 6. The van der Waals surface area contributed by atoms with Crippen LogP contribution in [0.4, 0.5) is 0 Å². The Morgan fingerprint density at radius 2 is 1.70 bits per heavy atom. The molecular weight excluding hydrogens is 304 g/mol. The van der Waals surface area contributed by atoms with E-state index in [1.807, 2.05) is 6.92 Å². The third-order valence-corrected chi connectivity index (χ3v) is 5.48. The Morgan fingerprint density at radius 1 is 1.10 bits per heavy atom. The maximum Gasteiger partial charge on any atom is 0.264 e. The summed E-state index contributed by atoms with van der Waals surface area (Å²) in [4.78, 5) is 0. The van der Waals surface area contributed by atoms with Gasteiger partial charge in [0.15, 0.2) is 0 Å². The van der Waals surface area contributed by atoms with Crippen LogP contribution in [0.1, 0.15) is 13.3 Å². The molecule has 6 nitrogen and oxygen atoms in total. The van der Waals surface area contributed by atoms with E-state index >= 15 is 0 Å². The predicted molar refractivity (Wildman–Crippen MR) is 73.9 cm³/mol. The van der Waals surface area contributed by atoms with Crippen molar-refractivity contribution >= 4 is 20.2 Å². The standard InChI is InChI=1S/C12H20O6S2/c1-12(8-18-20(3,15)16)10-5-4-9(6-10)11(12)7-17-19(2,13)14/h4-5,9-11H,6-8H2,1-3H3. The van der Waals surface area contributed by atoms with Gasteiger partial charge in [-0.3, -0.25) is 8.37 Å². The molecule has 0 aromatic carbocycles. The lowest BCUT2D eigenvalue weighted by molar-refractivity contribution is 0.0547. The monoisotopic (exact) mass is 324 g/mol. The third-order valence-electron chi connectivity index (χ3n) is 4.37. The Kier molecular flexibility index (Phi) is 4.05. The van der Waals surface area contributed by atoms with Crippen LogP contribution in [0.2, 0.25) is 0 Å². The summed E-state index contributed by atoms with van der Waals surface area (Å²) in [5, 5.41) is 0. The molecule has 4 atom stereocenters. The molecule has 0 spiro atoms. The van der Waals surface area contributed by atoms with Crippen molar-refractivity contribution in [3.8, 4) is 0 Å². The van der Waals surface area contributed by atoms with Crippen molar-refractivity contribution in [2.24, 2.45) is 23.2 Å². The number of hydrogen-bond donors (Lipinski definition) is 0. The van der Waals surface area contributed by atoms with Gasteiger partial charge in [-0.25, -0.2) is 0 Å². The van der Waals surface area contributed by atoms with Crippen LogP contribution in [-0.4, -0.2) is 42.6 Å². The van der Waals surface area contributed by atoms with Crippen molar-refractivity contribution < 1.29 is 25.2 Å². The second kappa shape index (κ2) is 5.08. The lowest BCUT2D eigenvalue weighted by Gasteiger charge is -2.37. The summed E-state index contributed by atoms with van der Waals surface area (Å²) in [6, 6.07) is 0. The second-order valence-corrected chi connectivity index (χ2v) is 9.25. The molecular formula is C12H20O6S2. The van der Waals surface area contributed by atoms with Gasteiger partial charge in [0.25, 0.3) is 20.2 Å². The smallest absolute Gasteiger partial charge is 0.264 e. The van der Waals surface area contributed by atoms with Crippen molar-refractivity contribution in [3.05, 3.63) is 12.2 Å². The van der Waals surface area contributed by atoms with Gasteiger partial charge in [0.05, 0.1) is 25.7 Å². The highest BCUT2D eigenvalue weighted by molar-refractivity contribution is 7.86. The normalized spacial score (nSPS) is 36.6. The topological polar surface area (TPSA) is 86.7 Å². The zero-order chi connectivity index (χ0) is 15.2. The van der Waals surface area contributed by atoms with E-state index in [-0.39, 0.29) is 31.0 Å². The highest BCUT2D eigenvalue weighted by Gasteiger charge is 2.53. The van der Waals surface area contributed by atoms with Gasteiger partial charge in [-0.15, -0.1) is 0 Å². The molecule has 0 amide bonds. The summed E-state index contributed by atoms with van der Waals surface area (Å²) < 4.78 is 54.6. The molecule has 1 fully saturated rings. The molecule has 0 radical (unpaired) electrons. The second-order valence-electron chi connectivity index (χ2n) is 5.96. The molecule has 1 saturated carbocycles. The van der Waals surface area contributed by atoms with Crippen molar-refractivity contribution in [2.75, 3.05) is 25.7 Å². The van der Waals surface area contributed by atoms with E-state index in [4.69, 9.17) is 8.37 Å². The van der Waals surface area contributed by atoms with E-state index in [0.717, 1.165) is 18.9 Å². The first-order chi connectivity index (χ1) is 9.01. The Balaban J connectivity index is 2.14. The first-order valence-corrected chi connectivity index (χ1v) is 10.0. The van der Waals surface area contributed by atoms with Crippen molar-refractivity contribution in [2.45, 2.75) is 13.3 Å². The van der Waals surface area contributed by atoms with E-state index in [1.165, 1.54) is 0 Å². The van der Waals surface area contributed by atoms with E-state index in [2.05, 4.69) is 12.2 Å². The van der Waals surface area contributed by atoms with Gasteiger partial charge >= 0.3 is 0 Å². The summed E-state index contributed by atoms with van der Waals surface area (Å²) in [7, 11) is -7.02. The van der Waals surface area contributed by atoms with E-state index in [9.17, 15) is 16.8 Å². The van der Waals surface area contributed by atoms with Crippen LogP contribution in [0.5, 0.6) is 0 Å². The largest absolute Gasteiger partial charge is 0.270 e. The average molecular weight is 324 g/mol. The molecule has 4 unspecified atom stereocenters. The Bertz CT molecular complexity index is 606. The lowest BCUT2D eigenvalue weighted by Crippen LogP contribution is -2.39. The minimum Gasteiger partial charge on any atom is -0.270 e. The van der Waals surface area contributed by atoms with Gasteiger partial charge in [-0.2, -0.15) is 16.8 Å². The van der Waals surface area contributed by atoms with Crippen LogP contribution in [0.3, 0.4) is 0 Å². The number of fused-ring (bicyclic) bond motifs is 2. The van der Waals surface area contributed by atoms with Crippen LogP contribution in [0, 0.1) is 23.2 Å². The van der Waals surface area contributed by atoms with Crippen LogP contribution in [0.25, 0.3) is 0 Å². The first kappa shape index (κ1) is 15.9. The molecule has 0 N–H and O–H groups in total. The fourth-order valence-corrected chi connectivity index (χ4v) is 4.10. The molecule has 8 heteroatoms. The van der Waals surface area contributed by atoms with Gasteiger partial charge in [0, 0.05) is 5.41 Å². The van der Waals surface area contributed by atoms with E-state index < -0.39 is 25.7 Å². The maximum atomic E-state index is 11.2. The van der Waals surface area contributed by atoms with Gasteiger partial charge < -0.3 is 0 Å². The molecule has 0 aromatic heterocycles. The van der Waals surface area contributed by atoms with Gasteiger partial charge in [0.2, 0.25) is 0 Å². The van der Waals surface area contributed by atoms with E-state index in [1.54, 1.807) is 0 Å². The van der Waals surface area contributed by atoms with Crippen LogP contribution in [0.15, 0.2) is 12.2 Å². The molecule has 20 heavy (non-hydrogen) atoms. The fraction of sp³-hybridized carbons (Fsp3) is 0.833. The van der Waals surface area contributed by atoms with Crippen molar-refractivity contribution in [3.63, 3.8) is 0 Å². The quantitative estimate of drug-likeness (QED) is 0.530. The average Bonchev–Trinajstić information content (AvgIpc) is 2.82. The molecule has 2 bridgehead atoms. The van der Waals surface area contributed by atoms with Gasteiger partial charge in [0.1, 0.15) is 0 Å². The summed E-state index contributed by atoms with van der Waals surface area (Å²) in [5.41, 5.74) is -0.423. The molecule has 0 aliphatic heterocycles. The van der Waals surface area contributed by atoms with Gasteiger partial charge in [-0.05, 0) is 24.2 Å². The molecule has 0 heterocycles. The van der Waals surface area contributed by atoms with Crippen LogP contribution < -0.4 is 0 Å². The number of hydrogen-bond acceptors (Lipinski definition) is 6. The fourth-order valence-electron chi connectivity index (χ4n) is 3.24. The summed E-state index contributed by atoms with van der Waals surface area (Å²) >= 11 is 0. The number of allylic oxidation sites excluding steroid dienone is 2. The summed E-state index contributed by atoms with van der Waals surface area (Å²) in [5.74, 6) is 0.353. The molecule has 2 rings (SSSR count). The van der Waals surface area contributed by atoms with Crippen LogP contribution >= 0.6 is 0 Å². The van der Waals surface area contributed by atoms with E-state index in [0.29, 0.717) is 0 Å². The Labute approximate surface area is 120 Å². The highest BCUT2D eigenvalue weighted by atomic mass is 32.2. The molecule has 116 valence electrons. The summed E-state index contributed by atoms with van der Waals surface area (Å²) in [6.45, 7) is 2.05. The summed E-state index contributed by atoms with van der Waals surface area (Å²) in [6.07, 6.45) is 7.04. The van der Waals surface area contributed by atoms with Crippen molar-refractivity contribution in [1.82, 2.24) is 0 Å². The zero-order valence-electron chi connectivity index (χ0n) is 11.8. The van der Waals surface area contributed by atoms with Crippen molar-refractivity contribution in [1.29, 1.82) is 0 Å². The molecule has 2 aliphatic rings.